The number of rotatable bonds is 6. The minimum Gasteiger partial charge on any atom is -0.256 e. The molecule has 1 heterocycles. The molecule has 5 nitrogen and oxygen atoms in total. The van der Waals surface area contributed by atoms with Crippen LogP contribution in [0.4, 0.5) is 0 Å². The van der Waals surface area contributed by atoms with E-state index in [2.05, 4.69) is 10.1 Å². The summed E-state index contributed by atoms with van der Waals surface area (Å²) in [7, 11) is -1.45. The minimum atomic E-state index is -3.16. The fourth-order valence-electron chi connectivity index (χ4n) is 1.87. The average Bonchev–Trinajstić information content (AvgIpc) is 2.76. The molecule has 1 aromatic heterocycles. The van der Waals surface area contributed by atoms with Crippen LogP contribution in [0.5, 0.6) is 0 Å². The topological polar surface area (TPSA) is 64.8 Å². The molecule has 0 aliphatic carbocycles. The highest BCUT2D eigenvalue weighted by Gasteiger charge is 2.14. The van der Waals surface area contributed by atoms with Gasteiger partial charge in [-0.25, -0.2) is 13.4 Å². The lowest BCUT2D eigenvalue weighted by atomic mass is 10.1. The van der Waals surface area contributed by atoms with E-state index in [1.807, 2.05) is 24.3 Å². The lowest BCUT2D eigenvalue weighted by Crippen LogP contribution is -2.11. The van der Waals surface area contributed by atoms with Crippen LogP contribution in [0, 0.1) is 0 Å². The van der Waals surface area contributed by atoms with Gasteiger partial charge in [-0.2, -0.15) is 5.10 Å². The molecular weight excluding hydrogens is 298 g/mol. The summed E-state index contributed by atoms with van der Waals surface area (Å²) in [5.41, 5.74) is 1.08. The predicted molar refractivity (Wildman–Crippen MR) is 78.3 cm³/mol. The molecule has 2 rings (SSSR count). The molecule has 2 aromatic rings. The van der Waals surface area contributed by atoms with Crippen molar-refractivity contribution < 1.29 is 8.42 Å². The number of benzene rings is 1. The van der Waals surface area contributed by atoms with Gasteiger partial charge in [0.15, 0.2) is 15.7 Å². The fourth-order valence-corrected chi connectivity index (χ4v) is 3.25. The number of sulfone groups is 1. The van der Waals surface area contributed by atoms with E-state index in [0.717, 1.165) is 5.56 Å². The second-order valence-electron chi connectivity index (χ2n) is 4.66. The van der Waals surface area contributed by atoms with Gasteiger partial charge in [0, 0.05) is 12.1 Å². The second-order valence-corrected chi connectivity index (χ2v) is 7.28. The molecule has 0 fully saturated rings. The van der Waals surface area contributed by atoms with Crippen molar-refractivity contribution in [3.8, 4) is 0 Å². The molecule has 0 radical (unpaired) electrons. The molecule has 0 unspecified atom stereocenters. The Morgan fingerprint density at radius 2 is 1.95 bits per heavy atom. The van der Waals surface area contributed by atoms with Crippen LogP contribution in [-0.4, -0.2) is 28.9 Å². The third-order valence-corrected chi connectivity index (χ3v) is 4.69. The summed E-state index contributed by atoms with van der Waals surface area (Å²) in [5.74, 6) is 0.376. The number of aryl methyl sites for hydroxylation is 2. The van der Waals surface area contributed by atoms with Crippen molar-refractivity contribution in [1.82, 2.24) is 14.8 Å². The number of hydrogen-bond donors (Lipinski definition) is 0. The van der Waals surface area contributed by atoms with Crippen molar-refractivity contribution >= 4 is 21.4 Å². The van der Waals surface area contributed by atoms with Crippen LogP contribution in [0.3, 0.4) is 0 Å². The minimum absolute atomic E-state index is 0.103. The number of hydrogen-bond acceptors (Lipinski definition) is 4. The van der Waals surface area contributed by atoms with E-state index in [1.165, 1.54) is 11.0 Å². The number of halogens is 1. The van der Waals surface area contributed by atoms with Gasteiger partial charge in [0.1, 0.15) is 12.1 Å². The molecular formula is C13H16ClN3O2S. The monoisotopic (exact) mass is 313 g/mol. The SMILES string of the molecule is Cn1cnc(CS(=O)(=O)CCCc2ccc(Cl)cc2)n1. The van der Waals surface area contributed by atoms with Gasteiger partial charge >= 0.3 is 0 Å². The predicted octanol–water partition coefficient (Wildman–Crippen LogP) is 2.02. The molecule has 0 N–H and O–H groups in total. The Hall–Kier alpha value is -1.40. The first-order valence-corrected chi connectivity index (χ1v) is 8.44. The van der Waals surface area contributed by atoms with Crippen LogP contribution in [0.25, 0.3) is 0 Å². The molecule has 0 bridgehead atoms. The van der Waals surface area contributed by atoms with Crippen LogP contribution in [0.1, 0.15) is 17.8 Å². The van der Waals surface area contributed by atoms with Gasteiger partial charge in [0.2, 0.25) is 0 Å². The van der Waals surface area contributed by atoms with Crippen LogP contribution >= 0.6 is 11.6 Å². The molecule has 108 valence electrons. The van der Waals surface area contributed by atoms with Gasteiger partial charge in [-0.05, 0) is 30.5 Å². The molecule has 0 saturated carbocycles. The van der Waals surface area contributed by atoms with Crippen LogP contribution < -0.4 is 0 Å². The lowest BCUT2D eigenvalue weighted by molar-refractivity contribution is 0.590. The first kappa shape index (κ1) is 15.0. The van der Waals surface area contributed by atoms with E-state index >= 15 is 0 Å². The molecule has 20 heavy (non-hydrogen) atoms. The molecule has 7 heteroatoms. The van der Waals surface area contributed by atoms with Crippen molar-refractivity contribution in [2.75, 3.05) is 5.75 Å². The molecule has 0 amide bonds. The summed E-state index contributed by atoms with van der Waals surface area (Å²) in [6.07, 6.45) is 2.79. The summed E-state index contributed by atoms with van der Waals surface area (Å²) in [4.78, 5) is 3.93. The zero-order valence-corrected chi connectivity index (χ0v) is 12.7. The Kier molecular flexibility index (Phi) is 4.77. The van der Waals surface area contributed by atoms with E-state index in [9.17, 15) is 8.42 Å². The van der Waals surface area contributed by atoms with Gasteiger partial charge in [0.05, 0.1) is 5.75 Å². The number of nitrogens with zero attached hydrogens (tertiary/aromatic N) is 3. The zero-order valence-electron chi connectivity index (χ0n) is 11.2. The van der Waals surface area contributed by atoms with E-state index in [-0.39, 0.29) is 11.5 Å². The highest BCUT2D eigenvalue weighted by atomic mass is 35.5. The maximum atomic E-state index is 11.9. The van der Waals surface area contributed by atoms with Gasteiger partial charge in [0.25, 0.3) is 0 Å². The third kappa shape index (κ3) is 4.61. The molecule has 0 atom stereocenters. The van der Waals surface area contributed by atoms with Gasteiger partial charge in [-0.1, -0.05) is 23.7 Å². The van der Waals surface area contributed by atoms with E-state index in [1.54, 1.807) is 7.05 Å². The maximum absolute atomic E-state index is 11.9. The van der Waals surface area contributed by atoms with Crippen molar-refractivity contribution in [3.05, 3.63) is 47.0 Å². The Labute approximate surface area is 123 Å². The van der Waals surface area contributed by atoms with Gasteiger partial charge in [-0.3, -0.25) is 4.68 Å². The summed E-state index contributed by atoms with van der Waals surface area (Å²) in [5, 5.41) is 4.67. The average molecular weight is 314 g/mol. The summed E-state index contributed by atoms with van der Waals surface area (Å²) in [6, 6.07) is 7.44. The van der Waals surface area contributed by atoms with Gasteiger partial charge in [-0.15, -0.1) is 0 Å². The standard InChI is InChI=1S/C13H16ClN3O2S/c1-17-10-15-13(16-17)9-20(18,19)8-2-3-11-4-6-12(14)7-5-11/h4-7,10H,2-3,8-9H2,1H3. The van der Waals surface area contributed by atoms with E-state index in [0.29, 0.717) is 23.7 Å². The van der Waals surface area contributed by atoms with Crippen LogP contribution in [0.2, 0.25) is 5.02 Å². The normalized spacial score (nSPS) is 11.7. The Bertz CT molecular complexity index is 665. The highest BCUT2D eigenvalue weighted by molar-refractivity contribution is 7.90. The maximum Gasteiger partial charge on any atom is 0.165 e. The molecule has 0 spiro atoms. The summed E-state index contributed by atoms with van der Waals surface area (Å²) < 4.78 is 25.4. The van der Waals surface area contributed by atoms with E-state index < -0.39 is 9.84 Å². The quantitative estimate of drug-likeness (QED) is 0.818. The first-order valence-electron chi connectivity index (χ1n) is 6.24. The Morgan fingerprint density at radius 3 is 2.55 bits per heavy atom. The van der Waals surface area contributed by atoms with Crippen molar-refractivity contribution in [3.63, 3.8) is 0 Å². The third-order valence-electron chi connectivity index (χ3n) is 2.83. The Morgan fingerprint density at radius 1 is 1.25 bits per heavy atom. The molecule has 0 aliphatic heterocycles. The van der Waals surface area contributed by atoms with Crippen LogP contribution in [0.15, 0.2) is 30.6 Å². The first-order chi connectivity index (χ1) is 9.44. The Balaban J connectivity index is 1.84. The van der Waals surface area contributed by atoms with Crippen molar-refractivity contribution in [1.29, 1.82) is 0 Å². The van der Waals surface area contributed by atoms with Gasteiger partial charge < -0.3 is 0 Å². The van der Waals surface area contributed by atoms with Crippen LogP contribution in [-0.2, 0) is 29.1 Å². The van der Waals surface area contributed by atoms with E-state index in [4.69, 9.17) is 11.6 Å². The lowest BCUT2D eigenvalue weighted by Gasteiger charge is -2.03. The second kappa shape index (κ2) is 6.37. The molecule has 0 saturated heterocycles. The summed E-state index contributed by atoms with van der Waals surface area (Å²) in [6.45, 7) is 0. The number of aromatic nitrogens is 3. The van der Waals surface area contributed by atoms with Crippen molar-refractivity contribution in [2.24, 2.45) is 7.05 Å². The summed E-state index contributed by atoms with van der Waals surface area (Å²) >= 11 is 5.80. The molecule has 0 aliphatic rings. The molecule has 1 aromatic carbocycles. The zero-order chi connectivity index (χ0) is 14.6. The van der Waals surface area contributed by atoms with Crippen molar-refractivity contribution in [2.45, 2.75) is 18.6 Å². The largest absolute Gasteiger partial charge is 0.256 e. The smallest absolute Gasteiger partial charge is 0.165 e. The fraction of sp³-hybridized carbons (Fsp3) is 0.385. The highest BCUT2D eigenvalue weighted by Crippen LogP contribution is 2.12.